The summed E-state index contributed by atoms with van der Waals surface area (Å²) in [7, 11) is -1.44. The normalized spacial score (nSPS) is 12.2. The molecule has 180 valence electrons. The fraction of sp³-hybridized carbons (Fsp3) is 0.950. The van der Waals surface area contributed by atoms with Crippen LogP contribution in [-0.4, -0.2) is 99.2 Å². The van der Waals surface area contributed by atoms with Gasteiger partial charge in [-0.1, -0.05) is 0 Å². The number of alkyl carbamates (subject to hydrolysis) is 1. The van der Waals surface area contributed by atoms with E-state index in [0.717, 1.165) is 0 Å². The topological polar surface area (TPSA) is 93.7 Å². The van der Waals surface area contributed by atoms with E-state index in [1.54, 1.807) is 0 Å². The predicted octanol–water partition coefficient (Wildman–Crippen LogP) is 2.45. The second-order valence-corrected chi connectivity index (χ2v) is 13.0. The van der Waals surface area contributed by atoms with E-state index in [4.69, 9.17) is 32.8 Å². The molecule has 10 heteroatoms. The Balaban J connectivity index is 3.16. The lowest BCUT2D eigenvalue weighted by Gasteiger charge is -2.19. The van der Waals surface area contributed by atoms with Crippen LogP contribution in [0.15, 0.2) is 0 Å². The lowest BCUT2D eigenvalue weighted by Crippen LogP contribution is -2.34. The molecule has 0 radical (unpaired) electrons. The van der Waals surface area contributed by atoms with Gasteiger partial charge in [-0.25, -0.2) is 4.79 Å². The number of hydrogen-bond acceptors (Lipinski definition) is 8. The maximum absolute atomic E-state index is 11.4. The highest BCUT2D eigenvalue weighted by atomic mass is 28.4. The molecule has 0 fully saturated rings. The van der Waals surface area contributed by atoms with Gasteiger partial charge in [-0.2, -0.15) is 0 Å². The Morgan fingerprint density at radius 2 is 1.03 bits per heavy atom. The van der Waals surface area contributed by atoms with Crippen LogP contribution in [-0.2, 0) is 32.8 Å². The van der Waals surface area contributed by atoms with Crippen molar-refractivity contribution in [2.45, 2.75) is 46.0 Å². The number of amides is 1. The summed E-state index contributed by atoms with van der Waals surface area (Å²) < 4.78 is 37.9. The molecule has 1 N–H and O–H groups in total. The zero-order chi connectivity index (χ0) is 22.7. The van der Waals surface area contributed by atoms with E-state index >= 15 is 0 Å². The smallest absolute Gasteiger partial charge is 0.407 e. The minimum Gasteiger partial charge on any atom is -0.444 e. The fourth-order valence-corrected chi connectivity index (χ4v) is 2.62. The number of nitrogens with one attached hydrogen (secondary N) is 1. The van der Waals surface area contributed by atoms with Crippen LogP contribution >= 0.6 is 0 Å². The highest BCUT2D eigenvalue weighted by Crippen LogP contribution is 2.06. The summed E-state index contributed by atoms with van der Waals surface area (Å²) in [4.78, 5) is 11.4. The zero-order valence-electron chi connectivity index (χ0n) is 19.8. The van der Waals surface area contributed by atoms with Gasteiger partial charge < -0.3 is 38.2 Å². The van der Waals surface area contributed by atoms with Crippen molar-refractivity contribution in [2.75, 3.05) is 79.2 Å². The molecule has 0 spiro atoms. The number of ether oxygens (including phenoxy) is 6. The molecular weight excluding hydrogens is 410 g/mol. The Morgan fingerprint density at radius 3 is 1.40 bits per heavy atom. The molecule has 0 atom stereocenters. The summed E-state index contributed by atoms with van der Waals surface area (Å²) in [6.45, 7) is 18.1. The van der Waals surface area contributed by atoms with Crippen molar-refractivity contribution >= 4 is 14.4 Å². The number of carbonyl (C=O) groups excluding carboxylic acids is 1. The van der Waals surface area contributed by atoms with Gasteiger partial charge in [0.05, 0.1) is 72.7 Å². The summed E-state index contributed by atoms with van der Waals surface area (Å²) in [5, 5.41) is 2.63. The maximum Gasteiger partial charge on any atom is 0.407 e. The van der Waals surface area contributed by atoms with E-state index < -0.39 is 20.0 Å². The summed E-state index contributed by atoms with van der Waals surface area (Å²) >= 11 is 0. The fourth-order valence-electron chi connectivity index (χ4n) is 1.93. The Bertz CT molecular complexity index is 413. The summed E-state index contributed by atoms with van der Waals surface area (Å²) in [6, 6.07) is 0. The van der Waals surface area contributed by atoms with Gasteiger partial charge in [-0.05, 0) is 40.4 Å². The molecule has 0 unspecified atom stereocenters. The van der Waals surface area contributed by atoms with Crippen molar-refractivity contribution in [3.05, 3.63) is 0 Å². The van der Waals surface area contributed by atoms with Crippen molar-refractivity contribution in [1.29, 1.82) is 0 Å². The summed E-state index contributed by atoms with van der Waals surface area (Å²) in [5.41, 5.74) is -0.496. The van der Waals surface area contributed by atoms with Gasteiger partial charge >= 0.3 is 6.09 Å². The van der Waals surface area contributed by atoms with Crippen LogP contribution in [0.3, 0.4) is 0 Å². The largest absolute Gasteiger partial charge is 0.444 e. The Kier molecular flexibility index (Phi) is 17.4. The van der Waals surface area contributed by atoms with Gasteiger partial charge in [0, 0.05) is 6.54 Å². The molecular formula is C20H43NO8Si. The molecule has 0 rings (SSSR count). The van der Waals surface area contributed by atoms with Gasteiger partial charge in [-0.3, -0.25) is 0 Å². The van der Waals surface area contributed by atoms with E-state index in [2.05, 4.69) is 25.0 Å². The van der Waals surface area contributed by atoms with Crippen LogP contribution in [0.1, 0.15) is 20.8 Å². The molecule has 0 saturated heterocycles. The lowest BCUT2D eigenvalue weighted by atomic mass is 10.2. The third-order valence-electron chi connectivity index (χ3n) is 3.17. The average molecular weight is 454 g/mol. The second-order valence-electron chi connectivity index (χ2n) is 8.45. The van der Waals surface area contributed by atoms with Crippen molar-refractivity contribution in [2.24, 2.45) is 0 Å². The average Bonchev–Trinajstić information content (AvgIpc) is 2.61. The minimum absolute atomic E-state index is 0.398. The molecule has 9 nitrogen and oxygen atoms in total. The first-order valence-corrected chi connectivity index (χ1v) is 14.0. The number of hydrogen-bond donors (Lipinski definition) is 1. The van der Waals surface area contributed by atoms with Crippen molar-refractivity contribution in [1.82, 2.24) is 5.32 Å². The first-order chi connectivity index (χ1) is 14.1. The van der Waals surface area contributed by atoms with Crippen molar-refractivity contribution < 1.29 is 37.6 Å². The zero-order valence-corrected chi connectivity index (χ0v) is 20.8. The molecule has 30 heavy (non-hydrogen) atoms. The molecule has 0 aromatic rings. The van der Waals surface area contributed by atoms with Gasteiger partial charge in [-0.15, -0.1) is 0 Å². The lowest BCUT2D eigenvalue weighted by molar-refractivity contribution is -0.0127. The standard InChI is InChI=1S/C20H43NO8Si/c1-20(2,3)29-19(22)21-7-8-23-9-10-24-11-12-25-13-14-26-15-16-27-17-18-28-30(4,5)6/h7-18H2,1-6H3,(H,21,22). The van der Waals surface area contributed by atoms with Gasteiger partial charge in [0.25, 0.3) is 0 Å². The van der Waals surface area contributed by atoms with Crippen LogP contribution < -0.4 is 5.32 Å². The monoisotopic (exact) mass is 453 g/mol. The van der Waals surface area contributed by atoms with Crippen LogP contribution in [0.5, 0.6) is 0 Å². The highest BCUT2D eigenvalue weighted by molar-refractivity contribution is 6.69. The first-order valence-electron chi connectivity index (χ1n) is 10.6. The second kappa shape index (κ2) is 17.9. The maximum atomic E-state index is 11.4. The van der Waals surface area contributed by atoms with E-state index in [-0.39, 0.29) is 0 Å². The summed E-state index contributed by atoms with van der Waals surface area (Å²) in [6.07, 6.45) is -0.442. The van der Waals surface area contributed by atoms with Gasteiger partial charge in [0.2, 0.25) is 0 Å². The third-order valence-corrected chi connectivity index (χ3v) is 4.24. The highest BCUT2D eigenvalue weighted by Gasteiger charge is 2.15. The molecule has 0 bridgehead atoms. The van der Waals surface area contributed by atoms with Crippen LogP contribution in [0.4, 0.5) is 4.79 Å². The van der Waals surface area contributed by atoms with Crippen LogP contribution in [0, 0.1) is 0 Å². The molecule has 0 aliphatic heterocycles. The van der Waals surface area contributed by atoms with Crippen molar-refractivity contribution in [3.63, 3.8) is 0 Å². The van der Waals surface area contributed by atoms with Gasteiger partial charge in [0.1, 0.15) is 5.60 Å². The number of rotatable bonds is 19. The molecule has 0 aliphatic carbocycles. The van der Waals surface area contributed by atoms with E-state index in [0.29, 0.717) is 79.2 Å². The SMILES string of the molecule is CC(C)(C)OC(=O)NCCOCCOCCOCCOCCOCCO[Si](C)(C)C. The van der Waals surface area contributed by atoms with Gasteiger partial charge in [0.15, 0.2) is 8.32 Å². The Morgan fingerprint density at radius 1 is 0.667 bits per heavy atom. The van der Waals surface area contributed by atoms with Crippen LogP contribution in [0.25, 0.3) is 0 Å². The predicted molar refractivity (Wildman–Crippen MR) is 118 cm³/mol. The number of carbonyl (C=O) groups is 1. The molecule has 0 aliphatic rings. The molecule has 0 aromatic carbocycles. The summed E-state index contributed by atoms with van der Waals surface area (Å²) in [5.74, 6) is 0. The quantitative estimate of drug-likeness (QED) is 0.235. The molecule has 0 saturated carbocycles. The van der Waals surface area contributed by atoms with E-state index in [9.17, 15) is 4.79 Å². The Labute approximate surface area is 183 Å². The first kappa shape index (κ1) is 29.2. The minimum atomic E-state index is -1.44. The third kappa shape index (κ3) is 25.3. The van der Waals surface area contributed by atoms with Crippen LogP contribution in [0.2, 0.25) is 19.6 Å². The van der Waals surface area contributed by atoms with Crippen molar-refractivity contribution in [3.8, 4) is 0 Å². The molecule has 0 aromatic heterocycles. The van der Waals surface area contributed by atoms with E-state index in [1.165, 1.54) is 0 Å². The molecule has 1 amide bonds. The molecule has 0 heterocycles. The Hall–Kier alpha value is -0.753. The van der Waals surface area contributed by atoms with E-state index in [1.807, 2.05) is 20.8 Å².